The third-order valence-electron chi connectivity index (χ3n) is 1.93. The lowest BCUT2D eigenvalue weighted by Gasteiger charge is -2.08. The maximum Gasteiger partial charge on any atom is 0.125 e. The number of ether oxygens (including phenoxy) is 1. The van der Waals surface area contributed by atoms with Crippen LogP contribution < -0.4 is 10.5 Å². The molecule has 1 aromatic carbocycles. The fraction of sp³-hybridized carbons (Fsp3) is 0.273. The molecule has 0 saturated heterocycles. The zero-order valence-corrected chi connectivity index (χ0v) is 11.6. The third-order valence-corrected chi connectivity index (χ3v) is 3.29. The van der Waals surface area contributed by atoms with E-state index in [1.807, 2.05) is 18.2 Å². The third kappa shape index (κ3) is 4.34. The summed E-state index contributed by atoms with van der Waals surface area (Å²) in [5.41, 5.74) is 7.92. The Kier molecular flexibility index (Phi) is 6.21. The first-order valence-electron chi connectivity index (χ1n) is 4.73. The van der Waals surface area contributed by atoms with Crippen LogP contribution in [0.1, 0.15) is 5.56 Å². The minimum atomic E-state index is 0.273. The van der Waals surface area contributed by atoms with E-state index in [-0.39, 0.29) is 6.61 Å². The van der Waals surface area contributed by atoms with Crippen LogP contribution in [0.25, 0.3) is 0 Å². The van der Waals surface area contributed by atoms with E-state index in [0.717, 1.165) is 22.2 Å². The molecule has 0 bridgehead atoms. The molecule has 0 aliphatic heterocycles. The van der Waals surface area contributed by atoms with Gasteiger partial charge in [-0.05, 0) is 36.7 Å². The zero-order valence-electron chi connectivity index (χ0n) is 8.55. The minimum absolute atomic E-state index is 0.273. The molecule has 16 heavy (non-hydrogen) atoms. The van der Waals surface area contributed by atoms with Crippen LogP contribution in [0, 0.1) is 0 Å². The molecule has 0 heterocycles. The summed E-state index contributed by atoms with van der Waals surface area (Å²) >= 11 is 14.6. The summed E-state index contributed by atoms with van der Waals surface area (Å²) in [5.74, 6) is 0.753. The average molecular weight is 325 g/mol. The number of hydrogen-bond acceptors (Lipinski definition) is 2. The Morgan fingerprint density at radius 3 is 2.88 bits per heavy atom. The van der Waals surface area contributed by atoms with Crippen LogP contribution in [-0.2, 0) is 6.42 Å². The van der Waals surface area contributed by atoms with Gasteiger partial charge < -0.3 is 10.5 Å². The van der Waals surface area contributed by atoms with Crippen LogP contribution >= 0.6 is 39.1 Å². The molecule has 0 fully saturated rings. The monoisotopic (exact) mass is 323 g/mol. The summed E-state index contributed by atoms with van der Waals surface area (Å²) in [4.78, 5) is 0. The van der Waals surface area contributed by atoms with Crippen LogP contribution in [0.4, 0.5) is 0 Å². The van der Waals surface area contributed by atoms with E-state index in [1.165, 1.54) is 5.54 Å². The van der Waals surface area contributed by atoms with Crippen molar-refractivity contribution in [3.05, 3.63) is 38.8 Å². The summed E-state index contributed by atoms with van der Waals surface area (Å²) in [7, 11) is 0. The van der Waals surface area contributed by atoms with Gasteiger partial charge in [0.15, 0.2) is 0 Å². The largest absolute Gasteiger partial charge is 0.488 e. The van der Waals surface area contributed by atoms with Gasteiger partial charge in [0.2, 0.25) is 0 Å². The molecular formula is C11H12BrCl2NO. The summed E-state index contributed by atoms with van der Waals surface area (Å²) in [6.07, 6.45) is 0.802. The molecule has 5 heteroatoms. The van der Waals surface area contributed by atoms with Gasteiger partial charge in [-0.2, -0.15) is 0 Å². The Balaban J connectivity index is 2.70. The SMILES string of the molecule is NCCc1cc(OC/C(Cl)=C/Cl)ccc1Br. The molecule has 0 radical (unpaired) electrons. The predicted molar refractivity (Wildman–Crippen MR) is 72.2 cm³/mol. The van der Waals surface area contributed by atoms with Crippen LogP contribution in [-0.4, -0.2) is 13.2 Å². The van der Waals surface area contributed by atoms with Gasteiger partial charge in [-0.25, -0.2) is 0 Å². The molecule has 0 unspecified atom stereocenters. The first kappa shape index (κ1) is 13.8. The maximum atomic E-state index is 5.72. The number of rotatable bonds is 5. The van der Waals surface area contributed by atoms with Crippen molar-refractivity contribution in [3.63, 3.8) is 0 Å². The van der Waals surface area contributed by atoms with Crippen LogP contribution in [0.15, 0.2) is 33.2 Å². The van der Waals surface area contributed by atoms with Gasteiger partial charge in [0, 0.05) is 10.0 Å². The van der Waals surface area contributed by atoms with Crippen molar-refractivity contribution in [1.82, 2.24) is 0 Å². The van der Waals surface area contributed by atoms with Gasteiger partial charge in [-0.1, -0.05) is 39.1 Å². The second-order valence-corrected chi connectivity index (χ2v) is 4.69. The summed E-state index contributed by atoms with van der Waals surface area (Å²) in [5, 5.41) is 0.463. The van der Waals surface area contributed by atoms with Crippen molar-refractivity contribution < 1.29 is 4.74 Å². The van der Waals surface area contributed by atoms with Crippen molar-refractivity contribution in [2.45, 2.75) is 6.42 Å². The van der Waals surface area contributed by atoms with Crippen molar-refractivity contribution >= 4 is 39.1 Å². The van der Waals surface area contributed by atoms with E-state index < -0.39 is 0 Å². The molecule has 0 aliphatic rings. The lowest BCUT2D eigenvalue weighted by Crippen LogP contribution is -2.04. The van der Waals surface area contributed by atoms with Crippen LogP contribution in [0.3, 0.4) is 0 Å². The van der Waals surface area contributed by atoms with Crippen molar-refractivity contribution in [2.24, 2.45) is 5.73 Å². The number of benzene rings is 1. The van der Waals surface area contributed by atoms with E-state index in [0.29, 0.717) is 11.6 Å². The molecule has 1 aromatic rings. The quantitative estimate of drug-likeness (QED) is 0.897. The number of hydrogen-bond donors (Lipinski definition) is 1. The Morgan fingerprint density at radius 1 is 1.50 bits per heavy atom. The van der Waals surface area contributed by atoms with Gasteiger partial charge in [-0.3, -0.25) is 0 Å². The van der Waals surface area contributed by atoms with E-state index >= 15 is 0 Å². The predicted octanol–water partition coefficient (Wildman–Crippen LogP) is 3.65. The van der Waals surface area contributed by atoms with Crippen molar-refractivity contribution in [1.29, 1.82) is 0 Å². The lowest BCUT2D eigenvalue weighted by molar-refractivity contribution is 0.359. The number of nitrogens with two attached hydrogens (primary N) is 1. The fourth-order valence-corrected chi connectivity index (χ4v) is 1.73. The molecular weight excluding hydrogens is 313 g/mol. The Morgan fingerprint density at radius 2 is 2.25 bits per heavy atom. The minimum Gasteiger partial charge on any atom is -0.488 e. The molecule has 88 valence electrons. The normalized spacial score (nSPS) is 11.6. The van der Waals surface area contributed by atoms with Crippen molar-refractivity contribution in [2.75, 3.05) is 13.2 Å². The Labute approximate surface area is 113 Å². The molecule has 0 spiro atoms. The number of halogens is 3. The molecule has 0 amide bonds. The highest BCUT2D eigenvalue weighted by Crippen LogP contribution is 2.23. The standard InChI is InChI=1S/C11H12BrCl2NO/c12-11-2-1-10(5-8(11)3-4-15)16-7-9(14)6-13/h1-2,5-6H,3-4,7,15H2/b9-6-. The van der Waals surface area contributed by atoms with Gasteiger partial charge in [0.05, 0.1) is 5.03 Å². The molecule has 0 saturated carbocycles. The van der Waals surface area contributed by atoms with Gasteiger partial charge >= 0.3 is 0 Å². The zero-order chi connectivity index (χ0) is 12.0. The smallest absolute Gasteiger partial charge is 0.125 e. The summed E-state index contributed by atoms with van der Waals surface area (Å²) in [6.45, 7) is 0.874. The van der Waals surface area contributed by atoms with E-state index in [4.69, 9.17) is 33.7 Å². The summed E-state index contributed by atoms with van der Waals surface area (Å²) in [6, 6.07) is 5.73. The van der Waals surface area contributed by atoms with Gasteiger partial charge in [-0.15, -0.1) is 0 Å². The molecule has 2 nitrogen and oxygen atoms in total. The second kappa shape index (κ2) is 7.17. The first-order valence-corrected chi connectivity index (χ1v) is 6.34. The lowest BCUT2D eigenvalue weighted by atomic mass is 10.1. The fourth-order valence-electron chi connectivity index (χ4n) is 1.17. The van der Waals surface area contributed by atoms with E-state index in [9.17, 15) is 0 Å². The second-order valence-electron chi connectivity index (χ2n) is 3.14. The van der Waals surface area contributed by atoms with Gasteiger partial charge in [0.25, 0.3) is 0 Å². The molecule has 0 aliphatic carbocycles. The van der Waals surface area contributed by atoms with Crippen molar-refractivity contribution in [3.8, 4) is 5.75 Å². The molecule has 1 rings (SSSR count). The first-order chi connectivity index (χ1) is 7.67. The van der Waals surface area contributed by atoms with E-state index in [2.05, 4.69) is 15.9 Å². The molecule has 2 N–H and O–H groups in total. The molecule has 0 atom stereocenters. The highest BCUT2D eigenvalue weighted by Gasteiger charge is 2.02. The van der Waals surface area contributed by atoms with Crippen LogP contribution in [0.2, 0.25) is 0 Å². The van der Waals surface area contributed by atoms with Gasteiger partial charge in [0.1, 0.15) is 12.4 Å². The van der Waals surface area contributed by atoms with E-state index in [1.54, 1.807) is 0 Å². The Hall–Kier alpha value is -0.220. The highest BCUT2D eigenvalue weighted by atomic mass is 79.9. The maximum absolute atomic E-state index is 5.72. The Bertz CT molecular complexity index is 382. The summed E-state index contributed by atoms with van der Waals surface area (Å²) < 4.78 is 6.49. The highest BCUT2D eigenvalue weighted by molar-refractivity contribution is 9.10. The topological polar surface area (TPSA) is 35.2 Å². The average Bonchev–Trinajstić information content (AvgIpc) is 2.30. The van der Waals surface area contributed by atoms with Crippen LogP contribution in [0.5, 0.6) is 5.75 Å². The molecule has 0 aromatic heterocycles.